The highest BCUT2D eigenvalue weighted by Gasteiger charge is 2.23. The Bertz CT molecular complexity index is 149. The van der Waals surface area contributed by atoms with Crippen LogP contribution in [0.15, 0.2) is 0 Å². The summed E-state index contributed by atoms with van der Waals surface area (Å²) in [6.07, 6.45) is 0.700. The molecule has 11 heavy (non-hydrogen) atoms. The summed E-state index contributed by atoms with van der Waals surface area (Å²) in [7, 11) is 1.85. The number of hydrogen-bond acceptors (Lipinski definition) is 3. The SMILES string of the molecule is CN1CCNCCC1C(=O)O. The Kier molecular flexibility index (Phi) is 2.84. The third-order valence-corrected chi connectivity index (χ3v) is 2.05. The van der Waals surface area contributed by atoms with E-state index in [0.717, 1.165) is 19.6 Å². The molecule has 4 heteroatoms. The van der Waals surface area contributed by atoms with Gasteiger partial charge in [-0.25, -0.2) is 0 Å². The molecule has 0 aromatic heterocycles. The molecule has 0 amide bonds. The van der Waals surface area contributed by atoms with Gasteiger partial charge in [0.25, 0.3) is 0 Å². The van der Waals surface area contributed by atoms with Gasteiger partial charge in [0.1, 0.15) is 6.04 Å². The summed E-state index contributed by atoms with van der Waals surface area (Å²) in [5, 5.41) is 11.9. The second-order valence-electron chi connectivity index (χ2n) is 2.87. The molecule has 1 rings (SSSR count). The lowest BCUT2D eigenvalue weighted by molar-refractivity contribution is -0.142. The van der Waals surface area contributed by atoms with Gasteiger partial charge in [0.2, 0.25) is 0 Å². The largest absolute Gasteiger partial charge is 0.480 e. The Morgan fingerprint density at radius 1 is 1.64 bits per heavy atom. The zero-order valence-corrected chi connectivity index (χ0v) is 6.71. The first-order valence-electron chi connectivity index (χ1n) is 3.85. The fourth-order valence-electron chi connectivity index (χ4n) is 1.31. The Labute approximate surface area is 66.2 Å². The van der Waals surface area contributed by atoms with Crippen molar-refractivity contribution in [3.8, 4) is 0 Å². The zero-order valence-electron chi connectivity index (χ0n) is 6.71. The summed E-state index contributed by atoms with van der Waals surface area (Å²) in [5.41, 5.74) is 0. The number of carboxylic acid groups (broad SMARTS) is 1. The van der Waals surface area contributed by atoms with Crippen LogP contribution in [0.2, 0.25) is 0 Å². The minimum atomic E-state index is -0.712. The Balaban J connectivity index is 2.52. The lowest BCUT2D eigenvalue weighted by atomic mass is 10.2. The van der Waals surface area contributed by atoms with Gasteiger partial charge in [-0.3, -0.25) is 9.69 Å². The van der Waals surface area contributed by atoms with Crippen LogP contribution in [-0.4, -0.2) is 48.7 Å². The van der Waals surface area contributed by atoms with Gasteiger partial charge in [-0.05, 0) is 20.0 Å². The van der Waals surface area contributed by atoms with Gasteiger partial charge in [-0.1, -0.05) is 0 Å². The second kappa shape index (κ2) is 3.69. The van der Waals surface area contributed by atoms with Crippen molar-refractivity contribution >= 4 is 5.97 Å². The van der Waals surface area contributed by atoms with Crippen LogP contribution in [0.1, 0.15) is 6.42 Å². The number of nitrogens with zero attached hydrogens (tertiary/aromatic N) is 1. The van der Waals surface area contributed by atoms with Crippen molar-refractivity contribution in [2.75, 3.05) is 26.7 Å². The van der Waals surface area contributed by atoms with Crippen LogP contribution in [0.3, 0.4) is 0 Å². The molecule has 4 nitrogen and oxygen atoms in total. The van der Waals surface area contributed by atoms with Gasteiger partial charge in [-0.15, -0.1) is 0 Å². The summed E-state index contributed by atoms with van der Waals surface area (Å²) in [5.74, 6) is -0.712. The summed E-state index contributed by atoms with van der Waals surface area (Å²) in [4.78, 5) is 12.5. The molecule has 1 fully saturated rings. The smallest absolute Gasteiger partial charge is 0.320 e. The third kappa shape index (κ3) is 2.17. The lowest BCUT2D eigenvalue weighted by Gasteiger charge is -2.20. The van der Waals surface area contributed by atoms with Crippen molar-refractivity contribution in [1.29, 1.82) is 0 Å². The number of hydrogen-bond donors (Lipinski definition) is 2. The average molecular weight is 158 g/mol. The molecule has 0 aromatic rings. The van der Waals surface area contributed by atoms with Crippen molar-refractivity contribution in [3.63, 3.8) is 0 Å². The van der Waals surface area contributed by atoms with E-state index in [-0.39, 0.29) is 6.04 Å². The van der Waals surface area contributed by atoms with Crippen molar-refractivity contribution in [3.05, 3.63) is 0 Å². The van der Waals surface area contributed by atoms with Crippen LogP contribution in [0, 0.1) is 0 Å². The molecule has 1 aliphatic rings. The molecule has 1 unspecified atom stereocenters. The molecule has 0 aliphatic carbocycles. The van der Waals surface area contributed by atoms with Crippen LogP contribution in [0.4, 0.5) is 0 Å². The molecule has 0 radical (unpaired) electrons. The fourth-order valence-corrected chi connectivity index (χ4v) is 1.31. The monoisotopic (exact) mass is 158 g/mol. The highest BCUT2D eigenvalue weighted by Crippen LogP contribution is 2.03. The van der Waals surface area contributed by atoms with Crippen molar-refractivity contribution in [1.82, 2.24) is 10.2 Å². The fraction of sp³-hybridized carbons (Fsp3) is 0.857. The summed E-state index contributed by atoms with van der Waals surface area (Å²) < 4.78 is 0. The second-order valence-corrected chi connectivity index (χ2v) is 2.87. The van der Waals surface area contributed by atoms with E-state index < -0.39 is 5.97 Å². The molecule has 0 spiro atoms. The molecule has 0 aromatic carbocycles. The maximum Gasteiger partial charge on any atom is 0.320 e. The number of likely N-dealkylation sites (N-methyl/N-ethyl adjacent to an activating group) is 1. The number of carboxylic acids is 1. The van der Waals surface area contributed by atoms with Gasteiger partial charge in [-0.2, -0.15) is 0 Å². The van der Waals surface area contributed by atoms with Gasteiger partial charge in [0, 0.05) is 13.1 Å². The Morgan fingerprint density at radius 2 is 2.36 bits per heavy atom. The van der Waals surface area contributed by atoms with E-state index in [2.05, 4.69) is 5.32 Å². The molecule has 1 heterocycles. The zero-order chi connectivity index (χ0) is 8.27. The quantitative estimate of drug-likeness (QED) is 0.533. The van der Waals surface area contributed by atoms with E-state index in [9.17, 15) is 4.79 Å². The van der Waals surface area contributed by atoms with E-state index in [1.807, 2.05) is 11.9 Å². The highest BCUT2D eigenvalue weighted by atomic mass is 16.4. The van der Waals surface area contributed by atoms with Crippen molar-refractivity contribution in [2.45, 2.75) is 12.5 Å². The molecule has 0 saturated carbocycles. The van der Waals surface area contributed by atoms with E-state index in [1.165, 1.54) is 0 Å². The first-order chi connectivity index (χ1) is 5.22. The molecule has 0 bridgehead atoms. The summed E-state index contributed by atoms with van der Waals surface area (Å²) >= 11 is 0. The summed E-state index contributed by atoms with van der Waals surface area (Å²) in [6.45, 7) is 2.51. The lowest BCUT2D eigenvalue weighted by Crippen LogP contribution is -2.38. The molecular weight excluding hydrogens is 144 g/mol. The van der Waals surface area contributed by atoms with Crippen LogP contribution in [0.5, 0.6) is 0 Å². The highest BCUT2D eigenvalue weighted by molar-refractivity contribution is 5.73. The number of carbonyl (C=O) groups is 1. The van der Waals surface area contributed by atoms with Crippen molar-refractivity contribution in [2.24, 2.45) is 0 Å². The van der Waals surface area contributed by atoms with Crippen molar-refractivity contribution < 1.29 is 9.90 Å². The molecule has 2 N–H and O–H groups in total. The molecule has 1 saturated heterocycles. The first-order valence-corrected chi connectivity index (χ1v) is 3.85. The van der Waals surface area contributed by atoms with E-state index in [1.54, 1.807) is 0 Å². The van der Waals surface area contributed by atoms with Gasteiger partial charge in [0.05, 0.1) is 0 Å². The Morgan fingerprint density at radius 3 is 3.00 bits per heavy atom. The molecule has 64 valence electrons. The van der Waals surface area contributed by atoms with E-state index in [4.69, 9.17) is 5.11 Å². The first kappa shape index (κ1) is 8.49. The number of aliphatic carboxylic acids is 1. The maximum atomic E-state index is 10.6. The topological polar surface area (TPSA) is 52.6 Å². The van der Waals surface area contributed by atoms with E-state index >= 15 is 0 Å². The van der Waals surface area contributed by atoms with E-state index in [0.29, 0.717) is 6.42 Å². The Hall–Kier alpha value is -0.610. The van der Waals surface area contributed by atoms with Gasteiger partial charge in [0.15, 0.2) is 0 Å². The van der Waals surface area contributed by atoms with Crippen LogP contribution in [0.25, 0.3) is 0 Å². The van der Waals surface area contributed by atoms with Gasteiger partial charge < -0.3 is 10.4 Å². The standard InChI is InChI=1S/C7H14N2O2/c1-9-5-4-8-3-2-6(9)7(10)11/h6,8H,2-5H2,1H3,(H,10,11). The number of rotatable bonds is 1. The number of nitrogens with one attached hydrogen (secondary N) is 1. The predicted octanol–water partition coefficient (Wildman–Crippen LogP) is -0.635. The molecule has 1 aliphatic heterocycles. The maximum absolute atomic E-state index is 10.6. The minimum absolute atomic E-state index is 0.301. The molecular formula is C7H14N2O2. The predicted molar refractivity (Wildman–Crippen MR) is 41.5 cm³/mol. The van der Waals surface area contributed by atoms with Crippen LogP contribution in [-0.2, 0) is 4.79 Å². The normalized spacial score (nSPS) is 27.9. The van der Waals surface area contributed by atoms with Gasteiger partial charge >= 0.3 is 5.97 Å². The summed E-state index contributed by atoms with van der Waals surface area (Å²) in [6, 6.07) is -0.301. The third-order valence-electron chi connectivity index (χ3n) is 2.05. The minimum Gasteiger partial charge on any atom is -0.480 e. The molecule has 1 atom stereocenters. The average Bonchev–Trinajstić information content (AvgIpc) is 2.13. The van der Waals surface area contributed by atoms with Crippen LogP contribution >= 0.6 is 0 Å². The van der Waals surface area contributed by atoms with Crippen LogP contribution < -0.4 is 5.32 Å².